The number of hydrogen-bond acceptors (Lipinski definition) is 3. The van der Waals surface area contributed by atoms with Gasteiger partial charge in [0, 0.05) is 23.4 Å². The van der Waals surface area contributed by atoms with Crippen LogP contribution >= 0.6 is 0 Å². The minimum absolute atomic E-state index is 0.132. The molecule has 0 fully saturated rings. The molecule has 4 nitrogen and oxygen atoms in total. The van der Waals surface area contributed by atoms with Gasteiger partial charge in [-0.15, -0.1) is 0 Å². The Bertz CT molecular complexity index is 449. The standard InChI is InChI=1S/C13H18N2O2/c1-8(2)10(11(16)17)9-6-14-12(15-7-9)13(3,4)5/h6-7H,1-5H3,(H,16,17). The van der Waals surface area contributed by atoms with E-state index in [1.807, 2.05) is 20.8 Å². The summed E-state index contributed by atoms with van der Waals surface area (Å²) >= 11 is 0. The molecule has 0 atom stereocenters. The van der Waals surface area contributed by atoms with Crippen LogP contribution in [0.4, 0.5) is 0 Å². The van der Waals surface area contributed by atoms with Crippen molar-refractivity contribution >= 4 is 11.5 Å². The van der Waals surface area contributed by atoms with Crippen LogP contribution < -0.4 is 0 Å². The van der Waals surface area contributed by atoms with E-state index in [1.54, 1.807) is 26.2 Å². The van der Waals surface area contributed by atoms with Crippen molar-refractivity contribution in [3.63, 3.8) is 0 Å². The number of aliphatic carboxylic acids is 1. The number of hydrogen-bond donors (Lipinski definition) is 1. The molecular formula is C13H18N2O2. The topological polar surface area (TPSA) is 63.1 Å². The minimum atomic E-state index is -0.947. The molecule has 92 valence electrons. The number of nitrogens with zero attached hydrogens (tertiary/aromatic N) is 2. The predicted molar refractivity (Wildman–Crippen MR) is 66.6 cm³/mol. The van der Waals surface area contributed by atoms with E-state index in [-0.39, 0.29) is 11.0 Å². The second kappa shape index (κ2) is 4.65. The Morgan fingerprint density at radius 3 is 1.94 bits per heavy atom. The summed E-state index contributed by atoms with van der Waals surface area (Å²) < 4.78 is 0. The molecule has 4 heteroatoms. The van der Waals surface area contributed by atoms with Crippen LogP contribution in [-0.2, 0) is 10.2 Å². The fourth-order valence-electron chi connectivity index (χ4n) is 1.47. The normalized spacial score (nSPS) is 11.1. The molecule has 0 aliphatic rings. The van der Waals surface area contributed by atoms with E-state index < -0.39 is 5.97 Å². The highest BCUT2D eigenvalue weighted by Crippen LogP contribution is 2.21. The summed E-state index contributed by atoms with van der Waals surface area (Å²) in [4.78, 5) is 19.6. The second-order valence-corrected chi connectivity index (χ2v) is 5.23. The molecule has 1 aromatic heterocycles. The van der Waals surface area contributed by atoms with E-state index in [9.17, 15) is 4.79 Å². The number of allylic oxidation sites excluding steroid dienone is 1. The Kier molecular flexibility index (Phi) is 3.66. The number of carbonyl (C=O) groups is 1. The molecule has 0 saturated carbocycles. The number of carboxylic acids is 1. The molecule has 0 amide bonds. The average Bonchev–Trinajstić information content (AvgIpc) is 2.15. The molecule has 17 heavy (non-hydrogen) atoms. The summed E-state index contributed by atoms with van der Waals surface area (Å²) in [7, 11) is 0. The van der Waals surface area contributed by atoms with Crippen molar-refractivity contribution in [3.05, 3.63) is 29.4 Å². The molecule has 1 N–H and O–H groups in total. The van der Waals surface area contributed by atoms with E-state index in [1.165, 1.54) is 0 Å². The average molecular weight is 234 g/mol. The first kappa shape index (κ1) is 13.4. The van der Waals surface area contributed by atoms with E-state index in [4.69, 9.17) is 5.11 Å². The van der Waals surface area contributed by atoms with E-state index in [0.29, 0.717) is 11.4 Å². The Labute approximate surface area is 101 Å². The highest BCUT2D eigenvalue weighted by Gasteiger charge is 2.18. The fraction of sp³-hybridized carbons (Fsp3) is 0.462. The third-order valence-corrected chi connectivity index (χ3v) is 2.33. The Morgan fingerprint density at radius 2 is 1.65 bits per heavy atom. The highest BCUT2D eigenvalue weighted by molar-refractivity contribution is 6.16. The fourth-order valence-corrected chi connectivity index (χ4v) is 1.47. The lowest BCUT2D eigenvalue weighted by atomic mass is 9.95. The van der Waals surface area contributed by atoms with Crippen molar-refractivity contribution in [2.45, 2.75) is 40.0 Å². The third-order valence-electron chi connectivity index (χ3n) is 2.33. The van der Waals surface area contributed by atoms with Gasteiger partial charge < -0.3 is 5.11 Å². The first-order chi connectivity index (χ1) is 7.73. The summed E-state index contributed by atoms with van der Waals surface area (Å²) in [5.74, 6) is -0.239. The van der Waals surface area contributed by atoms with Crippen LogP contribution in [0.2, 0.25) is 0 Å². The van der Waals surface area contributed by atoms with Crippen LogP contribution in [0.1, 0.15) is 46.0 Å². The maximum absolute atomic E-state index is 11.1. The Hall–Kier alpha value is -1.71. The Morgan fingerprint density at radius 1 is 1.18 bits per heavy atom. The van der Waals surface area contributed by atoms with Crippen LogP contribution in [0.25, 0.3) is 5.57 Å². The van der Waals surface area contributed by atoms with Crippen molar-refractivity contribution in [2.75, 3.05) is 0 Å². The van der Waals surface area contributed by atoms with Gasteiger partial charge >= 0.3 is 5.97 Å². The first-order valence-electron chi connectivity index (χ1n) is 5.47. The van der Waals surface area contributed by atoms with Crippen LogP contribution in [0.5, 0.6) is 0 Å². The largest absolute Gasteiger partial charge is 0.478 e. The first-order valence-corrected chi connectivity index (χ1v) is 5.47. The quantitative estimate of drug-likeness (QED) is 0.799. The van der Waals surface area contributed by atoms with Gasteiger partial charge in [-0.2, -0.15) is 0 Å². The number of aromatic nitrogens is 2. The lowest BCUT2D eigenvalue weighted by Gasteiger charge is -2.16. The molecule has 0 radical (unpaired) electrons. The highest BCUT2D eigenvalue weighted by atomic mass is 16.4. The SMILES string of the molecule is CC(C)=C(C(=O)O)c1cnc(C(C)(C)C)nc1. The van der Waals surface area contributed by atoms with Gasteiger partial charge in [0.15, 0.2) is 0 Å². The third kappa shape index (κ3) is 3.12. The maximum atomic E-state index is 11.1. The van der Waals surface area contributed by atoms with Gasteiger partial charge in [-0.05, 0) is 13.8 Å². The summed E-state index contributed by atoms with van der Waals surface area (Å²) in [5, 5.41) is 9.11. The summed E-state index contributed by atoms with van der Waals surface area (Å²) in [6.45, 7) is 9.57. The zero-order valence-corrected chi connectivity index (χ0v) is 10.9. The van der Waals surface area contributed by atoms with Gasteiger partial charge in [0.1, 0.15) is 5.82 Å². The molecule has 0 saturated heterocycles. The lowest BCUT2D eigenvalue weighted by Crippen LogP contribution is -2.16. The van der Waals surface area contributed by atoms with Crippen LogP contribution in [0.3, 0.4) is 0 Å². The molecule has 0 aliphatic heterocycles. The predicted octanol–water partition coefficient (Wildman–Crippen LogP) is 2.65. The summed E-state index contributed by atoms with van der Waals surface area (Å²) in [6, 6.07) is 0. The monoisotopic (exact) mass is 234 g/mol. The molecule has 0 aliphatic carbocycles. The van der Waals surface area contributed by atoms with Crippen LogP contribution in [0, 0.1) is 0 Å². The molecule has 0 unspecified atom stereocenters. The van der Waals surface area contributed by atoms with Gasteiger partial charge in [0.2, 0.25) is 0 Å². The van der Waals surface area contributed by atoms with E-state index >= 15 is 0 Å². The van der Waals surface area contributed by atoms with Gasteiger partial charge in [0.25, 0.3) is 0 Å². The minimum Gasteiger partial charge on any atom is -0.478 e. The van der Waals surface area contributed by atoms with Crippen molar-refractivity contribution < 1.29 is 9.90 Å². The summed E-state index contributed by atoms with van der Waals surface area (Å²) in [6.07, 6.45) is 3.15. The molecule has 1 aromatic rings. The molecular weight excluding hydrogens is 216 g/mol. The molecule has 0 spiro atoms. The second-order valence-electron chi connectivity index (χ2n) is 5.23. The molecule has 0 bridgehead atoms. The van der Waals surface area contributed by atoms with Crippen molar-refractivity contribution in [1.82, 2.24) is 9.97 Å². The van der Waals surface area contributed by atoms with Gasteiger partial charge in [0.05, 0.1) is 5.57 Å². The number of rotatable bonds is 2. The van der Waals surface area contributed by atoms with Gasteiger partial charge in [-0.1, -0.05) is 26.3 Å². The van der Waals surface area contributed by atoms with Gasteiger partial charge in [-0.3, -0.25) is 0 Å². The van der Waals surface area contributed by atoms with Crippen molar-refractivity contribution in [2.24, 2.45) is 0 Å². The van der Waals surface area contributed by atoms with Gasteiger partial charge in [-0.25, -0.2) is 14.8 Å². The Balaban J connectivity index is 3.19. The zero-order chi connectivity index (χ0) is 13.2. The summed E-state index contributed by atoms with van der Waals surface area (Å²) in [5.41, 5.74) is 1.42. The maximum Gasteiger partial charge on any atom is 0.336 e. The smallest absolute Gasteiger partial charge is 0.336 e. The van der Waals surface area contributed by atoms with E-state index in [2.05, 4.69) is 9.97 Å². The van der Waals surface area contributed by atoms with E-state index in [0.717, 1.165) is 5.57 Å². The lowest BCUT2D eigenvalue weighted by molar-refractivity contribution is -0.130. The molecule has 0 aromatic carbocycles. The van der Waals surface area contributed by atoms with Crippen LogP contribution in [-0.4, -0.2) is 21.0 Å². The zero-order valence-electron chi connectivity index (χ0n) is 10.9. The molecule has 1 rings (SSSR count). The van der Waals surface area contributed by atoms with Crippen LogP contribution in [0.15, 0.2) is 18.0 Å². The number of carboxylic acid groups (broad SMARTS) is 1. The molecule has 1 heterocycles. The van der Waals surface area contributed by atoms with Crippen molar-refractivity contribution in [3.8, 4) is 0 Å². The van der Waals surface area contributed by atoms with Crippen molar-refractivity contribution in [1.29, 1.82) is 0 Å².